The smallest absolute Gasteiger partial charge is 0.326 e. The van der Waals surface area contributed by atoms with Crippen molar-refractivity contribution >= 4 is 41.5 Å². The lowest BCUT2D eigenvalue weighted by Crippen LogP contribution is -2.60. The Balaban J connectivity index is 2.22. The van der Waals surface area contributed by atoms with Crippen LogP contribution in [0.5, 0.6) is 0 Å². The van der Waals surface area contributed by atoms with E-state index in [-0.39, 0.29) is 31.3 Å². The van der Waals surface area contributed by atoms with Gasteiger partial charge in [-0.15, -0.1) is 0 Å². The number of aliphatic carboxylic acids is 2. The third kappa shape index (κ3) is 10.7. The van der Waals surface area contributed by atoms with Gasteiger partial charge in [-0.1, -0.05) is 41.5 Å². The fourth-order valence-electron chi connectivity index (χ4n) is 5.96. The van der Waals surface area contributed by atoms with Gasteiger partial charge in [0.25, 0.3) is 0 Å². The first kappa shape index (κ1) is 38.4. The third-order valence-corrected chi connectivity index (χ3v) is 8.29. The van der Waals surface area contributed by atoms with E-state index in [2.05, 4.69) is 16.0 Å². The van der Waals surface area contributed by atoms with Gasteiger partial charge in [0.1, 0.15) is 30.2 Å². The molecule has 0 aliphatic carbocycles. The third-order valence-electron chi connectivity index (χ3n) is 8.29. The molecule has 260 valence electrons. The van der Waals surface area contributed by atoms with Crippen LogP contribution in [0.2, 0.25) is 0 Å². The molecule has 2 aliphatic heterocycles. The number of carbonyl (C=O) groups is 7. The maximum absolute atomic E-state index is 13.8. The van der Waals surface area contributed by atoms with Gasteiger partial charge in [0.2, 0.25) is 29.5 Å². The number of hydrogen-bond donors (Lipinski definition) is 6. The molecule has 5 amide bonds. The lowest BCUT2D eigenvalue weighted by molar-refractivity contribution is -0.152. The van der Waals surface area contributed by atoms with Crippen LogP contribution in [0.25, 0.3) is 0 Å². The second-order valence-corrected chi connectivity index (χ2v) is 13.5. The zero-order valence-corrected chi connectivity index (χ0v) is 27.8. The molecule has 6 unspecified atom stereocenters. The molecular weight excluding hydrogens is 600 g/mol. The molecule has 0 bridgehead atoms. The Labute approximate surface area is 270 Å². The van der Waals surface area contributed by atoms with Crippen molar-refractivity contribution in [2.24, 2.45) is 23.5 Å². The van der Waals surface area contributed by atoms with E-state index in [1.54, 1.807) is 13.8 Å². The van der Waals surface area contributed by atoms with E-state index in [4.69, 9.17) is 5.73 Å². The fourth-order valence-corrected chi connectivity index (χ4v) is 5.96. The van der Waals surface area contributed by atoms with Crippen LogP contribution >= 0.6 is 0 Å². The van der Waals surface area contributed by atoms with Crippen LogP contribution in [0.4, 0.5) is 0 Å². The molecule has 0 spiro atoms. The molecule has 2 fully saturated rings. The highest BCUT2D eigenvalue weighted by Crippen LogP contribution is 2.26. The van der Waals surface area contributed by atoms with Crippen LogP contribution in [0.15, 0.2) is 0 Å². The Bertz CT molecular complexity index is 1140. The summed E-state index contributed by atoms with van der Waals surface area (Å²) in [5, 5.41) is 26.7. The Kier molecular flexibility index (Phi) is 14.4. The van der Waals surface area contributed by atoms with Crippen molar-refractivity contribution in [1.29, 1.82) is 0 Å². The Morgan fingerprint density at radius 2 is 1.24 bits per heavy atom. The molecule has 6 atom stereocenters. The monoisotopic (exact) mass is 652 g/mol. The zero-order chi connectivity index (χ0) is 34.9. The van der Waals surface area contributed by atoms with Gasteiger partial charge in [0.05, 0.1) is 12.5 Å². The minimum atomic E-state index is -1.58. The minimum Gasteiger partial charge on any atom is -0.481 e. The number of nitrogens with zero attached hydrogens (tertiary/aromatic N) is 2. The highest BCUT2D eigenvalue weighted by atomic mass is 16.4. The van der Waals surface area contributed by atoms with E-state index in [0.717, 1.165) is 0 Å². The zero-order valence-electron chi connectivity index (χ0n) is 27.8. The molecule has 0 radical (unpaired) electrons. The average molecular weight is 653 g/mol. The topological polar surface area (TPSA) is 229 Å². The molecule has 0 aromatic heterocycles. The summed E-state index contributed by atoms with van der Waals surface area (Å²) < 4.78 is 0. The Morgan fingerprint density at radius 1 is 0.717 bits per heavy atom. The van der Waals surface area contributed by atoms with Gasteiger partial charge in [0, 0.05) is 13.1 Å². The number of rotatable bonds is 16. The molecule has 7 N–H and O–H groups in total. The highest BCUT2D eigenvalue weighted by Gasteiger charge is 2.44. The van der Waals surface area contributed by atoms with Crippen LogP contribution in [0.1, 0.15) is 86.5 Å². The molecule has 0 saturated carbocycles. The normalized spacial score (nSPS) is 20.7. The first-order valence-corrected chi connectivity index (χ1v) is 16.2. The summed E-state index contributed by atoms with van der Waals surface area (Å²) >= 11 is 0. The fraction of sp³-hybridized carbons (Fsp3) is 0.774. The van der Waals surface area contributed by atoms with E-state index in [0.29, 0.717) is 32.1 Å². The van der Waals surface area contributed by atoms with Crippen LogP contribution in [-0.4, -0.2) is 111 Å². The largest absolute Gasteiger partial charge is 0.481 e. The second-order valence-electron chi connectivity index (χ2n) is 13.5. The summed E-state index contributed by atoms with van der Waals surface area (Å²) in [4.78, 5) is 92.7. The second kappa shape index (κ2) is 17.2. The summed E-state index contributed by atoms with van der Waals surface area (Å²) in [6.45, 7) is 11.3. The number of hydrogen-bond acceptors (Lipinski definition) is 8. The molecule has 2 rings (SSSR count). The molecule has 15 heteroatoms. The van der Waals surface area contributed by atoms with Gasteiger partial charge >= 0.3 is 11.9 Å². The molecule has 2 aliphatic rings. The van der Waals surface area contributed by atoms with Crippen LogP contribution < -0.4 is 21.7 Å². The standard InChI is InChI=1S/C31H52N6O9/c1-16(2)13-19(32)26(40)33-20(14-17(3)4)27(41)34-21(15-24(38)39)28(42)35-25(18(5)6)30(44)36-11-7-9-22(36)29(43)37-12-8-10-23(37)31(45)46/h16-23,25H,7-15,32H2,1-6H3,(H,33,40)(H,34,41)(H,35,42)(H,38,39)(H,45,46). The van der Waals surface area contributed by atoms with Gasteiger partial charge in [-0.2, -0.15) is 0 Å². The summed E-state index contributed by atoms with van der Waals surface area (Å²) in [6.07, 6.45) is 1.51. The van der Waals surface area contributed by atoms with E-state index < -0.39 is 90.1 Å². The van der Waals surface area contributed by atoms with Crippen molar-refractivity contribution < 1.29 is 43.8 Å². The number of carboxylic acids is 2. The van der Waals surface area contributed by atoms with Crippen molar-refractivity contribution in [2.75, 3.05) is 13.1 Å². The lowest BCUT2D eigenvalue weighted by Gasteiger charge is -2.34. The highest BCUT2D eigenvalue weighted by molar-refractivity contribution is 5.97. The van der Waals surface area contributed by atoms with Crippen LogP contribution in [-0.2, 0) is 33.6 Å². The Morgan fingerprint density at radius 3 is 1.76 bits per heavy atom. The summed E-state index contributed by atoms with van der Waals surface area (Å²) in [7, 11) is 0. The number of carboxylic acid groups (broad SMARTS) is 2. The molecule has 0 aromatic rings. The number of likely N-dealkylation sites (tertiary alicyclic amines) is 2. The summed E-state index contributed by atoms with van der Waals surface area (Å²) in [5.74, 6) is -6.11. The van der Waals surface area contributed by atoms with Crippen molar-refractivity contribution in [1.82, 2.24) is 25.8 Å². The maximum atomic E-state index is 13.8. The van der Waals surface area contributed by atoms with Gasteiger partial charge in [-0.3, -0.25) is 28.8 Å². The van der Waals surface area contributed by atoms with Gasteiger partial charge in [0.15, 0.2) is 0 Å². The van der Waals surface area contributed by atoms with E-state index in [9.17, 15) is 43.8 Å². The lowest BCUT2D eigenvalue weighted by atomic mass is 9.99. The van der Waals surface area contributed by atoms with Crippen molar-refractivity contribution in [3.8, 4) is 0 Å². The number of nitrogens with one attached hydrogen (secondary N) is 3. The van der Waals surface area contributed by atoms with Crippen molar-refractivity contribution in [3.63, 3.8) is 0 Å². The number of nitrogens with two attached hydrogens (primary N) is 1. The molecule has 0 aromatic carbocycles. The van der Waals surface area contributed by atoms with Crippen molar-refractivity contribution in [2.45, 2.75) is 123 Å². The number of carbonyl (C=O) groups excluding carboxylic acids is 5. The predicted octanol–water partition coefficient (Wildman–Crippen LogP) is 0.0576. The quantitative estimate of drug-likeness (QED) is 0.131. The molecule has 2 heterocycles. The number of amides is 5. The van der Waals surface area contributed by atoms with E-state index in [1.807, 2.05) is 27.7 Å². The summed E-state index contributed by atoms with van der Waals surface area (Å²) in [6, 6.07) is -6.53. The van der Waals surface area contributed by atoms with Crippen LogP contribution in [0.3, 0.4) is 0 Å². The molecule has 15 nitrogen and oxygen atoms in total. The predicted molar refractivity (Wildman–Crippen MR) is 167 cm³/mol. The van der Waals surface area contributed by atoms with E-state index >= 15 is 0 Å². The SMILES string of the molecule is CC(C)CC(N)C(=O)NC(CC(C)C)C(=O)NC(CC(=O)O)C(=O)NC(C(=O)N1CCCC1C(=O)N1CCCC1C(=O)O)C(C)C. The van der Waals surface area contributed by atoms with E-state index in [1.165, 1.54) is 9.80 Å². The minimum absolute atomic E-state index is 0.0467. The first-order chi connectivity index (χ1) is 21.4. The Hall–Kier alpha value is -3.75. The van der Waals surface area contributed by atoms with Gasteiger partial charge in [-0.25, -0.2) is 4.79 Å². The van der Waals surface area contributed by atoms with Gasteiger partial charge < -0.3 is 41.7 Å². The molecule has 46 heavy (non-hydrogen) atoms. The summed E-state index contributed by atoms with van der Waals surface area (Å²) in [5.41, 5.74) is 5.99. The maximum Gasteiger partial charge on any atom is 0.326 e. The average Bonchev–Trinajstić information content (AvgIpc) is 3.64. The first-order valence-electron chi connectivity index (χ1n) is 16.2. The van der Waals surface area contributed by atoms with Gasteiger partial charge in [-0.05, 0) is 56.3 Å². The van der Waals surface area contributed by atoms with Crippen molar-refractivity contribution in [3.05, 3.63) is 0 Å². The molecule has 2 saturated heterocycles. The molecular formula is C31H52N6O9. The van der Waals surface area contributed by atoms with Crippen LogP contribution in [0, 0.1) is 17.8 Å².